The molecule has 2 aromatic carbocycles. The first kappa shape index (κ1) is 27.9. The number of carbonyl (C=O) groups is 1. The lowest BCUT2D eigenvalue weighted by Gasteiger charge is -2.15. The van der Waals surface area contributed by atoms with Gasteiger partial charge in [-0.05, 0) is 24.3 Å². The molecule has 40 heavy (non-hydrogen) atoms. The van der Waals surface area contributed by atoms with Crippen LogP contribution in [0.5, 0.6) is 28.9 Å². The molecule has 0 spiro atoms. The quantitative estimate of drug-likeness (QED) is 0.268. The number of carbonyl (C=O) groups excluding carboxylic acids is 1. The average Bonchev–Trinajstić information content (AvgIpc) is 2.98. The van der Waals surface area contributed by atoms with E-state index in [4.69, 9.17) is 18.9 Å². The monoisotopic (exact) mass is 564 g/mol. The Balaban J connectivity index is 1.61. The summed E-state index contributed by atoms with van der Waals surface area (Å²) < 4.78 is 49.0. The highest BCUT2D eigenvalue weighted by Gasteiger charge is 2.22. The SMILES string of the molecule is COc1ccccc1CNC(=O)CCOc1nc(-c2ncccn2)nc(N=S(=O)=O)c1Oc1ccccc1OC. The summed E-state index contributed by atoms with van der Waals surface area (Å²) in [5, 5.41) is 2.80. The van der Waals surface area contributed by atoms with Gasteiger partial charge >= 0.3 is 10.5 Å². The van der Waals surface area contributed by atoms with Gasteiger partial charge in [0.05, 0.1) is 27.2 Å². The molecule has 0 aliphatic rings. The number of methoxy groups -OCH3 is 2. The molecule has 0 saturated carbocycles. The van der Waals surface area contributed by atoms with Gasteiger partial charge < -0.3 is 24.3 Å². The smallest absolute Gasteiger partial charge is 0.318 e. The summed E-state index contributed by atoms with van der Waals surface area (Å²) in [4.78, 5) is 29.3. The Bertz CT molecular complexity index is 1610. The summed E-state index contributed by atoms with van der Waals surface area (Å²) in [6.07, 6.45) is 2.89. The van der Waals surface area contributed by atoms with Gasteiger partial charge in [-0.3, -0.25) is 4.79 Å². The molecular formula is C26H24N6O7S. The molecule has 13 nitrogen and oxygen atoms in total. The van der Waals surface area contributed by atoms with E-state index in [9.17, 15) is 13.2 Å². The van der Waals surface area contributed by atoms with E-state index in [1.54, 1.807) is 43.5 Å². The van der Waals surface area contributed by atoms with Gasteiger partial charge in [-0.2, -0.15) is 13.4 Å². The molecule has 206 valence electrons. The van der Waals surface area contributed by atoms with E-state index in [0.717, 1.165) is 5.56 Å². The Morgan fingerprint density at radius 2 is 1.55 bits per heavy atom. The van der Waals surface area contributed by atoms with Crippen molar-refractivity contribution in [2.45, 2.75) is 13.0 Å². The second-order valence-corrected chi connectivity index (χ2v) is 8.44. The summed E-state index contributed by atoms with van der Waals surface area (Å²) >= 11 is 0. The molecule has 0 atom stereocenters. The summed E-state index contributed by atoms with van der Waals surface area (Å²) in [6, 6.07) is 15.6. The maximum absolute atomic E-state index is 12.5. The highest BCUT2D eigenvalue weighted by molar-refractivity contribution is 7.61. The van der Waals surface area contributed by atoms with E-state index < -0.39 is 10.5 Å². The van der Waals surface area contributed by atoms with Crippen molar-refractivity contribution in [1.82, 2.24) is 25.3 Å². The molecule has 0 fully saturated rings. The predicted molar refractivity (Wildman–Crippen MR) is 142 cm³/mol. The van der Waals surface area contributed by atoms with Crippen molar-refractivity contribution < 1.29 is 32.2 Å². The van der Waals surface area contributed by atoms with Crippen LogP contribution in [0.1, 0.15) is 12.0 Å². The lowest BCUT2D eigenvalue weighted by Crippen LogP contribution is -2.24. The summed E-state index contributed by atoms with van der Waals surface area (Å²) in [5.74, 6) is 0.232. The Morgan fingerprint density at radius 1 is 0.875 bits per heavy atom. The van der Waals surface area contributed by atoms with E-state index in [2.05, 4.69) is 29.6 Å². The second-order valence-electron chi connectivity index (χ2n) is 7.83. The first-order valence-corrected chi connectivity index (χ1v) is 12.8. The van der Waals surface area contributed by atoms with Crippen LogP contribution in [0.15, 0.2) is 71.4 Å². The van der Waals surface area contributed by atoms with Gasteiger partial charge in [-0.25, -0.2) is 15.0 Å². The van der Waals surface area contributed by atoms with Crippen LogP contribution in [0.3, 0.4) is 0 Å². The van der Waals surface area contributed by atoms with Crippen LogP contribution in [0.2, 0.25) is 0 Å². The van der Waals surface area contributed by atoms with Crippen molar-refractivity contribution in [2.75, 3.05) is 20.8 Å². The number of nitrogens with zero attached hydrogens (tertiary/aromatic N) is 5. The minimum absolute atomic E-state index is 0.0512. The zero-order valence-corrected chi connectivity index (χ0v) is 22.3. The number of aromatic nitrogens is 4. The van der Waals surface area contributed by atoms with Gasteiger partial charge in [-0.1, -0.05) is 30.3 Å². The molecule has 0 unspecified atom stereocenters. The third-order valence-corrected chi connectivity index (χ3v) is 5.58. The lowest BCUT2D eigenvalue weighted by atomic mass is 10.2. The zero-order valence-electron chi connectivity index (χ0n) is 21.5. The minimum Gasteiger partial charge on any atom is -0.496 e. The third-order valence-electron chi connectivity index (χ3n) is 5.26. The van der Waals surface area contributed by atoms with Crippen LogP contribution in [0.4, 0.5) is 5.82 Å². The summed E-state index contributed by atoms with van der Waals surface area (Å²) in [7, 11) is 0.107. The van der Waals surface area contributed by atoms with Crippen molar-refractivity contribution in [2.24, 2.45) is 4.36 Å². The number of nitrogens with one attached hydrogen (secondary N) is 1. The van der Waals surface area contributed by atoms with Crippen LogP contribution in [0, 0.1) is 0 Å². The van der Waals surface area contributed by atoms with E-state index in [-0.39, 0.29) is 60.3 Å². The van der Waals surface area contributed by atoms with E-state index in [0.29, 0.717) is 11.5 Å². The van der Waals surface area contributed by atoms with Gasteiger partial charge in [0.2, 0.25) is 23.3 Å². The topological polar surface area (TPSA) is 164 Å². The first-order valence-electron chi connectivity index (χ1n) is 11.8. The molecule has 0 aliphatic carbocycles. The zero-order chi connectivity index (χ0) is 28.3. The highest BCUT2D eigenvalue weighted by atomic mass is 32.2. The standard InChI is InChI=1S/C26H24N6O7S/c1-36-18-9-4-3-8-17(18)16-29-21(33)12-15-38-26-22(39-20-11-6-5-10-19(20)37-2)23(32-40(34)35)30-25(31-26)24-27-13-7-14-28-24/h3-11,13-14H,12,15-16H2,1-2H3,(H,29,33). The third kappa shape index (κ3) is 7.26. The molecule has 14 heteroatoms. The van der Waals surface area contributed by atoms with Crippen molar-refractivity contribution in [3.63, 3.8) is 0 Å². The lowest BCUT2D eigenvalue weighted by molar-refractivity contribution is -0.121. The van der Waals surface area contributed by atoms with Crippen molar-refractivity contribution in [3.8, 4) is 40.5 Å². The van der Waals surface area contributed by atoms with E-state index in [1.807, 2.05) is 18.2 Å². The van der Waals surface area contributed by atoms with Gasteiger partial charge in [0.15, 0.2) is 17.3 Å². The molecule has 2 aromatic heterocycles. The number of benzene rings is 2. The van der Waals surface area contributed by atoms with Crippen molar-refractivity contribution >= 4 is 22.2 Å². The molecule has 2 heterocycles. The van der Waals surface area contributed by atoms with Gasteiger partial charge in [-0.15, -0.1) is 4.36 Å². The summed E-state index contributed by atoms with van der Waals surface area (Å²) in [5.41, 5.74) is 0.812. The maximum Gasteiger partial charge on any atom is 0.318 e. The van der Waals surface area contributed by atoms with Crippen molar-refractivity contribution in [1.29, 1.82) is 0 Å². The minimum atomic E-state index is -2.90. The van der Waals surface area contributed by atoms with Gasteiger partial charge in [0.1, 0.15) is 5.75 Å². The molecule has 4 aromatic rings. The highest BCUT2D eigenvalue weighted by Crippen LogP contribution is 2.41. The molecular weight excluding hydrogens is 540 g/mol. The fourth-order valence-corrected chi connectivity index (χ4v) is 3.70. The van der Waals surface area contributed by atoms with E-state index >= 15 is 0 Å². The first-order chi connectivity index (χ1) is 19.5. The van der Waals surface area contributed by atoms with Crippen LogP contribution in [-0.4, -0.2) is 55.1 Å². The summed E-state index contributed by atoms with van der Waals surface area (Å²) in [6.45, 7) is 0.123. The van der Waals surface area contributed by atoms with Gasteiger partial charge in [0, 0.05) is 24.5 Å². The normalized spacial score (nSPS) is 10.3. The van der Waals surface area contributed by atoms with Crippen LogP contribution in [-0.2, 0) is 21.8 Å². The van der Waals surface area contributed by atoms with Crippen LogP contribution < -0.4 is 24.3 Å². The molecule has 1 N–H and O–H groups in total. The fourth-order valence-electron chi connectivity index (χ4n) is 3.44. The number of para-hydroxylation sites is 3. The molecule has 0 aliphatic heterocycles. The Kier molecular flexibility index (Phi) is 9.50. The Morgan fingerprint density at radius 3 is 2.25 bits per heavy atom. The number of rotatable bonds is 12. The predicted octanol–water partition coefficient (Wildman–Crippen LogP) is 3.52. The Hall–Kier alpha value is -5.11. The Labute approximate surface area is 230 Å². The fraction of sp³-hybridized carbons (Fsp3) is 0.192. The number of hydrogen-bond acceptors (Lipinski definition) is 12. The second kappa shape index (κ2) is 13.6. The molecule has 0 saturated heterocycles. The van der Waals surface area contributed by atoms with E-state index in [1.165, 1.54) is 19.5 Å². The molecule has 1 amide bonds. The number of ether oxygens (including phenoxy) is 4. The molecule has 0 bridgehead atoms. The number of hydrogen-bond donors (Lipinski definition) is 1. The van der Waals surface area contributed by atoms with Crippen LogP contribution in [0.25, 0.3) is 11.6 Å². The average molecular weight is 565 g/mol. The van der Waals surface area contributed by atoms with Crippen molar-refractivity contribution in [3.05, 3.63) is 72.6 Å². The molecule has 4 rings (SSSR count). The number of amides is 1. The molecule has 0 radical (unpaired) electrons. The maximum atomic E-state index is 12.5. The van der Waals surface area contributed by atoms with Gasteiger partial charge in [0.25, 0.3) is 5.88 Å². The largest absolute Gasteiger partial charge is 0.496 e. The van der Waals surface area contributed by atoms with Crippen LogP contribution >= 0.6 is 0 Å².